The van der Waals surface area contributed by atoms with Crippen LogP contribution in [0, 0.1) is 0 Å². The molecule has 7 aromatic carbocycles. The summed E-state index contributed by atoms with van der Waals surface area (Å²) in [6, 6.07) is 52.9. The average Bonchev–Trinajstić information content (AvgIpc) is 3.87. The summed E-state index contributed by atoms with van der Waals surface area (Å²) in [6.07, 6.45) is -0.718. The number of nitrogens with one attached hydrogen (secondary N) is 2. The summed E-state index contributed by atoms with van der Waals surface area (Å²) in [6.45, 7) is 0.606. The molecular formula is C45H33N3O2S. The van der Waals surface area contributed by atoms with Gasteiger partial charge in [-0.25, -0.2) is 0 Å². The fourth-order valence-corrected chi connectivity index (χ4v) is 8.73. The third kappa shape index (κ3) is 5.20. The van der Waals surface area contributed by atoms with Crippen molar-refractivity contribution in [3.8, 4) is 11.1 Å². The number of furan rings is 2. The summed E-state index contributed by atoms with van der Waals surface area (Å²) >= 11 is 1.85. The first-order valence-electron chi connectivity index (χ1n) is 17.2. The van der Waals surface area contributed by atoms with E-state index < -0.39 is 6.17 Å². The van der Waals surface area contributed by atoms with Crippen molar-refractivity contribution in [2.75, 3.05) is 0 Å². The second-order valence-electron chi connectivity index (χ2n) is 13.1. The van der Waals surface area contributed by atoms with E-state index in [1.807, 2.05) is 53.8 Å². The van der Waals surface area contributed by atoms with Gasteiger partial charge < -0.3 is 14.6 Å². The van der Waals surface area contributed by atoms with Gasteiger partial charge in [0.25, 0.3) is 0 Å². The van der Waals surface area contributed by atoms with E-state index in [-0.39, 0.29) is 6.17 Å². The van der Waals surface area contributed by atoms with Crippen LogP contribution in [0.1, 0.15) is 29.0 Å². The molecule has 2 atom stereocenters. The maximum absolute atomic E-state index is 6.81. The molecule has 3 heterocycles. The lowest BCUT2D eigenvalue weighted by Gasteiger charge is -2.25. The SMILES string of the molecule is NC(NC(NCc1ccc2oc3ccccc3c2c1)c1cccc2c1oc1ccc(-c3cccc4c3sc3ccccc34)cc12)c1ccccc1. The monoisotopic (exact) mass is 679 g/mol. The minimum Gasteiger partial charge on any atom is -0.456 e. The molecule has 0 aliphatic carbocycles. The van der Waals surface area contributed by atoms with E-state index in [0.29, 0.717) is 6.54 Å². The van der Waals surface area contributed by atoms with Gasteiger partial charge in [-0.15, -0.1) is 11.3 Å². The summed E-state index contributed by atoms with van der Waals surface area (Å²) in [4.78, 5) is 0. The Morgan fingerprint density at radius 3 is 2.20 bits per heavy atom. The lowest BCUT2D eigenvalue weighted by molar-refractivity contribution is 0.385. The zero-order chi connectivity index (χ0) is 33.9. The molecule has 6 heteroatoms. The molecule has 0 spiro atoms. The van der Waals surface area contributed by atoms with Crippen LogP contribution in [0.4, 0.5) is 0 Å². The van der Waals surface area contributed by atoms with E-state index in [0.717, 1.165) is 60.6 Å². The largest absolute Gasteiger partial charge is 0.456 e. The van der Waals surface area contributed by atoms with Crippen molar-refractivity contribution >= 4 is 75.4 Å². The molecule has 0 radical (unpaired) electrons. The molecule has 2 unspecified atom stereocenters. The van der Waals surface area contributed by atoms with Gasteiger partial charge in [-0.05, 0) is 58.7 Å². The number of para-hydroxylation sites is 2. The molecule has 246 valence electrons. The van der Waals surface area contributed by atoms with E-state index >= 15 is 0 Å². The third-order valence-electron chi connectivity index (χ3n) is 10.0. The fraction of sp³-hybridized carbons (Fsp3) is 0.0667. The topological polar surface area (TPSA) is 76.4 Å². The van der Waals surface area contributed by atoms with Crippen LogP contribution < -0.4 is 16.4 Å². The summed E-state index contributed by atoms with van der Waals surface area (Å²) < 4.78 is 15.4. The van der Waals surface area contributed by atoms with Gasteiger partial charge in [-0.3, -0.25) is 10.6 Å². The molecule has 3 aromatic heterocycles. The Morgan fingerprint density at radius 2 is 1.27 bits per heavy atom. The molecule has 5 nitrogen and oxygen atoms in total. The smallest absolute Gasteiger partial charge is 0.141 e. The van der Waals surface area contributed by atoms with E-state index in [2.05, 4.69) is 120 Å². The van der Waals surface area contributed by atoms with Gasteiger partial charge in [0.05, 0.1) is 12.3 Å². The minimum atomic E-state index is -0.406. The van der Waals surface area contributed by atoms with Crippen LogP contribution in [0.2, 0.25) is 0 Å². The Balaban J connectivity index is 1.05. The predicted octanol–water partition coefficient (Wildman–Crippen LogP) is 11.6. The molecule has 4 N–H and O–H groups in total. The number of rotatable bonds is 8. The lowest BCUT2D eigenvalue weighted by Crippen LogP contribution is -2.39. The molecule has 0 amide bonds. The number of hydrogen-bond donors (Lipinski definition) is 3. The number of thiophene rings is 1. The van der Waals surface area contributed by atoms with Crippen molar-refractivity contribution < 1.29 is 8.83 Å². The maximum atomic E-state index is 6.81. The fourth-order valence-electron chi connectivity index (χ4n) is 7.49. The van der Waals surface area contributed by atoms with Gasteiger partial charge in [0, 0.05) is 53.8 Å². The number of hydrogen-bond acceptors (Lipinski definition) is 6. The van der Waals surface area contributed by atoms with Crippen molar-refractivity contribution in [1.82, 2.24) is 10.6 Å². The second-order valence-corrected chi connectivity index (χ2v) is 14.2. The molecule has 0 saturated heterocycles. The first-order chi connectivity index (χ1) is 25.2. The first kappa shape index (κ1) is 30.1. The maximum Gasteiger partial charge on any atom is 0.141 e. The number of nitrogens with two attached hydrogens (primary N) is 1. The van der Waals surface area contributed by atoms with E-state index in [9.17, 15) is 0 Å². The normalized spacial score (nSPS) is 13.3. The van der Waals surface area contributed by atoms with Gasteiger partial charge >= 0.3 is 0 Å². The zero-order valence-corrected chi connectivity index (χ0v) is 28.4. The molecule has 0 fully saturated rings. The van der Waals surface area contributed by atoms with Crippen LogP contribution in [-0.2, 0) is 6.54 Å². The van der Waals surface area contributed by atoms with Gasteiger partial charge in [0.2, 0.25) is 0 Å². The Labute approximate surface area is 297 Å². The van der Waals surface area contributed by atoms with Crippen LogP contribution in [-0.4, -0.2) is 0 Å². The highest BCUT2D eigenvalue weighted by Crippen LogP contribution is 2.42. The Hall–Kier alpha value is -5.76. The van der Waals surface area contributed by atoms with E-state index in [1.165, 1.54) is 31.3 Å². The standard InChI is InChI=1S/C45H33N3O2S/c46-44(28-10-2-1-3-11-28)48-45(47-26-27-20-22-39-36(24-27)31-12-4-6-18-38(31)49-39)35-17-9-15-33-37-25-29(21-23-40(37)50-42(33)35)30-14-8-16-34-32-13-5-7-19-41(32)51-43(30)34/h1-25,44-45,47-48H,26,46H2. The molecule has 51 heavy (non-hydrogen) atoms. The van der Waals surface area contributed by atoms with E-state index in [4.69, 9.17) is 14.6 Å². The van der Waals surface area contributed by atoms with Crippen LogP contribution >= 0.6 is 11.3 Å². The molecule has 10 rings (SSSR count). The van der Waals surface area contributed by atoms with E-state index in [1.54, 1.807) is 0 Å². The highest BCUT2D eigenvalue weighted by Gasteiger charge is 2.22. The summed E-state index contributed by atoms with van der Waals surface area (Å²) in [5.41, 5.74) is 15.8. The number of fused-ring (bicyclic) bond motifs is 9. The lowest BCUT2D eigenvalue weighted by atomic mass is 10.00. The second kappa shape index (κ2) is 12.2. The van der Waals surface area contributed by atoms with Gasteiger partial charge in [0.15, 0.2) is 0 Å². The van der Waals surface area contributed by atoms with Crippen LogP contribution in [0.15, 0.2) is 160 Å². The summed E-state index contributed by atoms with van der Waals surface area (Å²) in [5, 5.41) is 14.4. The quantitative estimate of drug-likeness (QED) is 0.139. The van der Waals surface area contributed by atoms with Crippen LogP contribution in [0.25, 0.3) is 75.2 Å². The molecule has 10 aromatic rings. The van der Waals surface area contributed by atoms with Crippen molar-refractivity contribution in [2.45, 2.75) is 18.9 Å². The van der Waals surface area contributed by atoms with Crippen LogP contribution in [0.5, 0.6) is 0 Å². The summed E-state index contributed by atoms with van der Waals surface area (Å²) in [5.74, 6) is 0. The molecule has 0 aliphatic rings. The highest BCUT2D eigenvalue weighted by molar-refractivity contribution is 7.26. The molecule has 0 bridgehead atoms. The summed E-state index contributed by atoms with van der Waals surface area (Å²) in [7, 11) is 0. The Bertz CT molecular complexity index is 2890. The molecule has 0 saturated carbocycles. The average molecular weight is 680 g/mol. The molecular weight excluding hydrogens is 647 g/mol. The Kier molecular flexibility index (Phi) is 7.22. The van der Waals surface area contributed by atoms with Gasteiger partial charge in [0.1, 0.15) is 22.3 Å². The van der Waals surface area contributed by atoms with Crippen molar-refractivity contribution in [3.63, 3.8) is 0 Å². The zero-order valence-electron chi connectivity index (χ0n) is 27.6. The van der Waals surface area contributed by atoms with Crippen molar-refractivity contribution in [3.05, 3.63) is 168 Å². The number of benzene rings is 7. The highest BCUT2D eigenvalue weighted by atomic mass is 32.1. The third-order valence-corrected chi connectivity index (χ3v) is 11.2. The first-order valence-corrected chi connectivity index (χ1v) is 18.1. The van der Waals surface area contributed by atoms with Crippen molar-refractivity contribution in [2.24, 2.45) is 5.73 Å². The van der Waals surface area contributed by atoms with Gasteiger partial charge in [-0.1, -0.05) is 115 Å². The van der Waals surface area contributed by atoms with Crippen molar-refractivity contribution in [1.29, 1.82) is 0 Å². The molecule has 0 aliphatic heterocycles. The van der Waals surface area contributed by atoms with Gasteiger partial charge in [-0.2, -0.15) is 0 Å². The minimum absolute atomic E-state index is 0.312. The van der Waals surface area contributed by atoms with Crippen LogP contribution in [0.3, 0.4) is 0 Å². The Morgan fingerprint density at radius 1 is 0.569 bits per heavy atom. The predicted molar refractivity (Wildman–Crippen MR) is 212 cm³/mol.